The molecule has 2 rings (SSSR count). The third kappa shape index (κ3) is 4.37. The lowest BCUT2D eigenvalue weighted by atomic mass is 10.0. The summed E-state index contributed by atoms with van der Waals surface area (Å²) in [6.07, 6.45) is 7.42. The van der Waals surface area contributed by atoms with E-state index in [1.165, 1.54) is 44.2 Å². The van der Waals surface area contributed by atoms with Crippen LogP contribution in [-0.4, -0.2) is 13.1 Å². The molecule has 3 heteroatoms. The molecule has 18 heavy (non-hydrogen) atoms. The Hall–Kier alpha value is -0.960. The second-order valence-corrected chi connectivity index (χ2v) is 5.22. The quantitative estimate of drug-likeness (QED) is 0.763. The Morgan fingerprint density at radius 3 is 2.33 bits per heavy atom. The zero-order chi connectivity index (χ0) is 12.8. The predicted molar refractivity (Wildman–Crippen MR) is 69.5 cm³/mol. The first-order valence-corrected chi connectivity index (χ1v) is 6.90. The Bertz CT molecular complexity index is 353. The molecular formula is C15H21F2N. The summed E-state index contributed by atoms with van der Waals surface area (Å²) in [6.45, 7) is 1.80. The first-order chi connectivity index (χ1) is 8.74. The van der Waals surface area contributed by atoms with E-state index in [0.29, 0.717) is 6.42 Å². The van der Waals surface area contributed by atoms with Crippen molar-refractivity contribution in [2.45, 2.75) is 38.5 Å². The topological polar surface area (TPSA) is 12.0 Å². The van der Waals surface area contributed by atoms with Gasteiger partial charge in [-0.1, -0.05) is 25.7 Å². The number of hydrogen-bond donors (Lipinski definition) is 1. The number of nitrogens with one attached hydrogen (secondary N) is 1. The van der Waals surface area contributed by atoms with E-state index in [0.717, 1.165) is 30.6 Å². The molecule has 0 unspecified atom stereocenters. The second kappa shape index (κ2) is 6.83. The third-order valence-electron chi connectivity index (χ3n) is 3.72. The van der Waals surface area contributed by atoms with E-state index < -0.39 is 11.6 Å². The van der Waals surface area contributed by atoms with Crippen molar-refractivity contribution in [2.75, 3.05) is 13.1 Å². The molecule has 1 aliphatic carbocycles. The Morgan fingerprint density at radius 1 is 1.00 bits per heavy atom. The van der Waals surface area contributed by atoms with Crippen molar-refractivity contribution in [3.63, 3.8) is 0 Å². The average Bonchev–Trinajstić information content (AvgIpc) is 2.80. The van der Waals surface area contributed by atoms with E-state index in [1.807, 2.05) is 0 Å². The Kier molecular flexibility index (Phi) is 5.12. The highest BCUT2D eigenvalue weighted by molar-refractivity contribution is 5.18. The van der Waals surface area contributed by atoms with Gasteiger partial charge >= 0.3 is 0 Å². The van der Waals surface area contributed by atoms with Gasteiger partial charge in [0.1, 0.15) is 11.6 Å². The van der Waals surface area contributed by atoms with Crippen LogP contribution in [0.15, 0.2) is 18.2 Å². The van der Waals surface area contributed by atoms with E-state index in [1.54, 1.807) is 0 Å². The SMILES string of the molecule is Fc1cc(F)cc(CCNCCC2CCCC2)c1. The van der Waals surface area contributed by atoms with Crippen molar-refractivity contribution in [1.82, 2.24) is 5.32 Å². The summed E-state index contributed by atoms with van der Waals surface area (Å²) in [6, 6.07) is 3.72. The van der Waals surface area contributed by atoms with Crippen LogP contribution in [0.1, 0.15) is 37.7 Å². The highest BCUT2D eigenvalue weighted by Gasteiger charge is 2.13. The molecule has 1 saturated carbocycles. The fourth-order valence-corrected chi connectivity index (χ4v) is 2.72. The summed E-state index contributed by atoms with van der Waals surface area (Å²) in [5, 5.41) is 3.35. The van der Waals surface area contributed by atoms with E-state index in [2.05, 4.69) is 5.32 Å². The van der Waals surface area contributed by atoms with Crippen molar-refractivity contribution in [3.8, 4) is 0 Å². The minimum absolute atomic E-state index is 0.490. The number of hydrogen-bond acceptors (Lipinski definition) is 1. The van der Waals surface area contributed by atoms with Crippen LogP contribution in [-0.2, 0) is 6.42 Å². The van der Waals surface area contributed by atoms with Crippen molar-refractivity contribution in [3.05, 3.63) is 35.4 Å². The minimum Gasteiger partial charge on any atom is -0.316 e. The van der Waals surface area contributed by atoms with Crippen molar-refractivity contribution in [1.29, 1.82) is 0 Å². The molecule has 0 aromatic heterocycles. The summed E-state index contributed by atoms with van der Waals surface area (Å²) < 4.78 is 25.9. The van der Waals surface area contributed by atoms with E-state index in [9.17, 15) is 8.78 Å². The van der Waals surface area contributed by atoms with E-state index in [-0.39, 0.29) is 0 Å². The molecule has 0 bridgehead atoms. The van der Waals surface area contributed by atoms with Gasteiger partial charge < -0.3 is 5.32 Å². The molecule has 0 atom stereocenters. The van der Waals surface area contributed by atoms with E-state index in [4.69, 9.17) is 0 Å². The lowest BCUT2D eigenvalue weighted by molar-refractivity contribution is 0.478. The van der Waals surface area contributed by atoms with Gasteiger partial charge in [0.05, 0.1) is 0 Å². The Labute approximate surface area is 108 Å². The molecule has 0 heterocycles. The molecule has 1 aliphatic rings. The average molecular weight is 253 g/mol. The van der Waals surface area contributed by atoms with Gasteiger partial charge in [0, 0.05) is 6.07 Å². The summed E-state index contributed by atoms with van der Waals surface area (Å²) in [5.41, 5.74) is 0.723. The van der Waals surface area contributed by atoms with Gasteiger partial charge in [-0.3, -0.25) is 0 Å². The van der Waals surface area contributed by atoms with Gasteiger partial charge in [0.2, 0.25) is 0 Å². The Morgan fingerprint density at radius 2 is 1.67 bits per heavy atom. The summed E-state index contributed by atoms with van der Waals surface area (Å²) in [4.78, 5) is 0. The van der Waals surface area contributed by atoms with Gasteiger partial charge in [-0.2, -0.15) is 0 Å². The fourth-order valence-electron chi connectivity index (χ4n) is 2.72. The van der Waals surface area contributed by atoms with Crippen LogP contribution in [0.25, 0.3) is 0 Å². The molecule has 0 amide bonds. The maximum atomic E-state index is 12.9. The summed E-state index contributed by atoms with van der Waals surface area (Å²) in [5.74, 6) is -0.0870. The molecule has 1 aromatic rings. The molecule has 100 valence electrons. The van der Waals surface area contributed by atoms with Gasteiger partial charge in [-0.25, -0.2) is 8.78 Å². The number of halogens is 2. The molecule has 0 spiro atoms. The minimum atomic E-state index is -0.490. The first kappa shape index (κ1) is 13.5. The molecule has 1 aromatic carbocycles. The number of rotatable bonds is 6. The zero-order valence-corrected chi connectivity index (χ0v) is 10.7. The number of benzene rings is 1. The van der Waals surface area contributed by atoms with Crippen molar-refractivity contribution in [2.24, 2.45) is 5.92 Å². The second-order valence-electron chi connectivity index (χ2n) is 5.22. The van der Waals surface area contributed by atoms with Crippen LogP contribution < -0.4 is 5.32 Å². The van der Waals surface area contributed by atoms with Gasteiger partial charge in [-0.15, -0.1) is 0 Å². The highest BCUT2D eigenvalue weighted by atomic mass is 19.1. The maximum Gasteiger partial charge on any atom is 0.126 e. The molecule has 0 radical (unpaired) electrons. The standard InChI is InChI=1S/C15H21F2N/c16-14-9-13(10-15(17)11-14)6-8-18-7-5-12-3-1-2-4-12/h9-12,18H,1-8H2. The molecule has 0 aliphatic heterocycles. The van der Waals surface area contributed by atoms with Gasteiger partial charge in [0.15, 0.2) is 0 Å². The predicted octanol–water partition coefficient (Wildman–Crippen LogP) is 3.68. The molecule has 1 fully saturated rings. The van der Waals surface area contributed by atoms with Crippen molar-refractivity contribution < 1.29 is 8.78 Å². The lowest BCUT2D eigenvalue weighted by Crippen LogP contribution is -2.20. The van der Waals surface area contributed by atoms with Crippen molar-refractivity contribution >= 4 is 0 Å². The van der Waals surface area contributed by atoms with Crippen LogP contribution in [0.2, 0.25) is 0 Å². The normalized spacial score (nSPS) is 16.3. The zero-order valence-electron chi connectivity index (χ0n) is 10.7. The van der Waals surface area contributed by atoms with Crippen LogP contribution >= 0.6 is 0 Å². The van der Waals surface area contributed by atoms with Gasteiger partial charge in [0.25, 0.3) is 0 Å². The molecule has 1 N–H and O–H groups in total. The molecular weight excluding hydrogens is 232 g/mol. The lowest BCUT2D eigenvalue weighted by Gasteiger charge is -2.09. The smallest absolute Gasteiger partial charge is 0.126 e. The van der Waals surface area contributed by atoms with Gasteiger partial charge in [-0.05, 0) is 49.5 Å². The van der Waals surface area contributed by atoms with Crippen LogP contribution in [0.3, 0.4) is 0 Å². The Balaban J connectivity index is 1.62. The van der Waals surface area contributed by atoms with Crippen LogP contribution in [0.4, 0.5) is 8.78 Å². The van der Waals surface area contributed by atoms with Crippen LogP contribution in [0.5, 0.6) is 0 Å². The summed E-state index contributed by atoms with van der Waals surface area (Å²) >= 11 is 0. The highest BCUT2D eigenvalue weighted by Crippen LogP contribution is 2.26. The molecule has 0 saturated heterocycles. The largest absolute Gasteiger partial charge is 0.316 e. The first-order valence-electron chi connectivity index (χ1n) is 6.90. The fraction of sp³-hybridized carbons (Fsp3) is 0.600. The van der Waals surface area contributed by atoms with Crippen LogP contribution in [0, 0.1) is 17.6 Å². The molecule has 1 nitrogen and oxygen atoms in total. The van der Waals surface area contributed by atoms with E-state index >= 15 is 0 Å². The monoisotopic (exact) mass is 253 g/mol. The summed E-state index contributed by atoms with van der Waals surface area (Å²) in [7, 11) is 0. The third-order valence-corrected chi connectivity index (χ3v) is 3.72. The maximum absolute atomic E-state index is 12.9.